The molecule has 1 aromatic carbocycles. The van der Waals surface area contributed by atoms with E-state index in [1.807, 2.05) is 22.9 Å². The Morgan fingerprint density at radius 3 is 2.61 bits per heavy atom. The van der Waals surface area contributed by atoms with Crippen LogP contribution >= 0.6 is 0 Å². The highest BCUT2D eigenvalue weighted by Crippen LogP contribution is 2.37. The highest BCUT2D eigenvalue weighted by atomic mass is 16.6. The molecule has 142 valence electrons. The quantitative estimate of drug-likeness (QED) is 0.547. The van der Waals surface area contributed by atoms with Gasteiger partial charge in [0.2, 0.25) is 5.95 Å². The van der Waals surface area contributed by atoms with Crippen LogP contribution in [-0.2, 0) is 0 Å². The summed E-state index contributed by atoms with van der Waals surface area (Å²) >= 11 is 0. The minimum atomic E-state index is 0.0831. The van der Waals surface area contributed by atoms with Crippen LogP contribution in [0, 0.1) is 0 Å². The highest BCUT2D eigenvalue weighted by molar-refractivity contribution is 5.97. The molecule has 0 unspecified atom stereocenters. The van der Waals surface area contributed by atoms with Crippen molar-refractivity contribution in [3.63, 3.8) is 0 Å². The monoisotopic (exact) mass is 378 g/mol. The molecule has 1 aliphatic carbocycles. The Hall–Kier alpha value is -3.69. The number of ether oxygens (including phenoxy) is 1. The number of aromatic nitrogens is 6. The van der Waals surface area contributed by atoms with Crippen LogP contribution in [0.25, 0.3) is 22.6 Å². The largest absolute Gasteiger partial charge is 0.422 e. The van der Waals surface area contributed by atoms with E-state index in [1.165, 1.54) is 0 Å². The molecule has 0 radical (unpaired) electrons. The Kier molecular flexibility index (Phi) is 3.81. The third-order valence-corrected chi connectivity index (χ3v) is 4.83. The number of fused-ring (bicyclic) bond motifs is 1. The van der Waals surface area contributed by atoms with Crippen molar-refractivity contribution in [1.29, 1.82) is 0 Å². The summed E-state index contributed by atoms with van der Waals surface area (Å²) in [5, 5.41) is 9.13. The van der Waals surface area contributed by atoms with Gasteiger partial charge in [-0.3, -0.25) is 0 Å². The van der Waals surface area contributed by atoms with Crippen LogP contribution in [0.5, 0.6) is 11.8 Å². The van der Waals surface area contributed by atoms with E-state index in [-0.39, 0.29) is 29.7 Å². The molecule has 10 nitrogen and oxygen atoms in total. The zero-order chi connectivity index (χ0) is 19.1. The molecule has 1 aliphatic rings. The fraction of sp³-hybridized carbons (Fsp3) is 0.278. The van der Waals surface area contributed by atoms with Crippen LogP contribution in [0.2, 0.25) is 0 Å². The van der Waals surface area contributed by atoms with Crippen molar-refractivity contribution in [2.45, 2.75) is 31.7 Å². The Labute approximate surface area is 159 Å². The Morgan fingerprint density at radius 1 is 1.04 bits per heavy atom. The summed E-state index contributed by atoms with van der Waals surface area (Å²) in [5.74, 6) is 1.12. The molecule has 0 saturated heterocycles. The SMILES string of the molecule is Nc1nc(N)c2c(-c3nc(Oc4ccccc4)no3)nn(C3CCCC3)c2n1. The highest BCUT2D eigenvalue weighted by Gasteiger charge is 2.27. The molecule has 0 atom stereocenters. The third-order valence-electron chi connectivity index (χ3n) is 4.83. The lowest BCUT2D eigenvalue weighted by Crippen LogP contribution is -2.09. The van der Waals surface area contributed by atoms with Crippen LogP contribution in [0.15, 0.2) is 34.9 Å². The molecule has 4 aromatic rings. The van der Waals surface area contributed by atoms with E-state index >= 15 is 0 Å². The lowest BCUT2D eigenvalue weighted by molar-refractivity contribution is 0.370. The number of para-hydroxylation sites is 1. The average molecular weight is 378 g/mol. The summed E-state index contributed by atoms with van der Waals surface area (Å²) in [6.07, 6.45) is 4.33. The first-order valence-electron chi connectivity index (χ1n) is 9.07. The number of rotatable bonds is 4. The molecule has 0 amide bonds. The van der Waals surface area contributed by atoms with Crippen molar-refractivity contribution in [1.82, 2.24) is 29.9 Å². The normalized spacial score (nSPS) is 14.7. The minimum Gasteiger partial charge on any atom is -0.422 e. The summed E-state index contributed by atoms with van der Waals surface area (Å²) in [5.41, 5.74) is 13.0. The molecule has 3 heterocycles. The Morgan fingerprint density at radius 2 is 1.82 bits per heavy atom. The van der Waals surface area contributed by atoms with E-state index in [2.05, 4.69) is 20.1 Å². The molecule has 0 spiro atoms. The van der Waals surface area contributed by atoms with Gasteiger partial charge in [-0.05, 0) is 30.1 Å². The van der Waals surface area contributed by atoms with Crippen molar-refractivity contribution in [3.05, 3.63) is 30.3 Å². The predicted molar refractivity (Wildman–Crippen MR) is 101 cm³/mol. The van der Waals surface area contributed by atoms with E-state index in [0.717, 1.165) is 25.7 Å². The first kappa shape index (κ1) is 16.5. The van der Waals surface area contributed by atoms with Gasteiger partial charge in [0.15, 0.2) is 11.3 Å². The van der Waals surface area contributed by atoms with E-state index < -0.39 is 0 Å². The van der Waals surface area contributed by atoms with Crippen molar-refractivity contribution in [2.24, 2.45) is 0 Å². The van der Waals surface area contributed by atoms with E-state index in [0.29, 0.717) is 22.5 Å². The van der Waals surface area contributed by atoms with E-state index in [1.54, 1.807) is 12.1 Å². The maximum absolute atomic E-state index is 6.13. The van der Waals surface area contributed by atoms with Crippen molar-refractivity contribution in [2.75, 3.05) is 11.5 Å². The number of nitrogen functional groups attached to an aromatic ring is 2. The van der Waals surface area contributed by atoms with Crippen LogP contribution in [-0.4, -0.2) is 29.9 Å². The number of benzene rings is 1. The summed E-state index contributed by atoms with van der Waals surface area (Å²) in [7, 11) is 0. The summed E-state index contributed by atoms with van der Waals surface area (Å²) in [6, 6.07) is 9.52. The molecule has 1 saturated carbocycles. The standard InChI is InChI=1S/C18H18N8O2/c19-14-12-13(16-23-18(25-28-16)27-11-8-2-1-3-9-11)24-26(10-6-4-5-7-10)15(12)22-17(20)21-14/h1-3,8-10H,4-7H2,(H4,19,20,21,22). The lowest BCUT2D eigenvalue weighted by Gasteiger charge is -2.10. The van der Waals surface area contributed by atoms with Crippen molar-refractivity contribution < 1.29 is 9.26 Å². The second-order valence-corrected chi connectivity index (χ2v) is 6.69. The van der Waals surface area contributed by atoms with Crippen LogP contribution in [0.4, 0.5) is 11.8 Å². The molecule has 5 rings (SSSR count). The summed E-state index contributed by atoms with van der Waals surface area (Å²) in [6.45, 7) is 0. The number of nitrogens with two attached hydrogens (primary N) is 2. The van der Waals surface area contributed by atoms with E-state index in [4.69, 9.17) is 25.8 Å². The van der Waals surface area contributed by atoms with Crippen LogP contribution in [0.3, 0.4) is 0 Å². The second kappa shape index (κ2) is 6.48. The maximum Gasteiger partial charge on any atom is 0.360 e. The van der Waals surface area contributed by atoms with Gasteiger partial charge in [0.1, 0.15) is 11.6 Å². The summed E-state index contributed by atoms with van der Waals surface area (Å²) < 4.78 is 12.9. The molecule has 4 N–H and O–H groups in total. The van der Waals surface area contributed by atoms with Gasteiger partial charge in [0.25, 0.3) is 5.89 Å². The Balaban J connectivity index is 1.59. The van der Waals surface area contributed by atoms with Crippen LogP contribution < -0.4 is 16.2 Å². The van der Waals surface area contributed by atoms with Crippen molar-refractivity contribution >= 4 is 22.8 Å². The van der Waals surface area contributed by atoms with Gasteiger partial charge in [-0.2, -0.15) is 20.1 Å². The molecular formula is C18H18N8O2. The average Bonchev–Trinajstić information content (AvgIpc) is 3.41. The van der Waals surface area contributed by atoms with Gasteiger partial charge in [-0.1, -0.05) is 31.0 Å². The fourth-order valence-electron chi connectivity index (χ4n) is 3.58. The molecule has 3 aromatic heterocycles. The molecular weight excluding hydrogens is 360 g/mol. The molecule has 28 heavy (non-hydrogen) atoms. The first-order chi connectivity index (χ1) is 13.7. The van der Waals surface area contributed by atoms with Crippen molar-refractivity contribution in [3.8, 4) is 23.3 Å². The number of hydrogen-bond donors (Lipinski definition) is 2. The van der Waals surface area contributed by atoms with Gasteiger partial charge < -0.3 is 20.7 Å². The zero-order valence-electron chi connectivity index (χ0n) is 14.9. The minimum absolute atomic E-state index is 0.0831. The second-order valence-electron chi connectivity index (χ2n) is 6.69. The van der Waals surface area contributed by atoms with Gasteiger partial charge >= 0.3 is 6.01 Å². The maximum atomic E-state index is 6.13. The van der Waals surface area contributed by atoms with Gasteiger partial charge in [0, 0.05) is 0 Å². The number of nitrogens with zero attached hydrogens (tertiary/aromatic N) is 6. The predicted octanol–water partition coefficient (Wildman–Crippen LogP) is 2.95. The van der Waals surface area contributed by atoms with Gasteiger partial charge in [-0.25, -0.2) is 4.68 Å². The van der Waals surface area contributed by atoms with E-state index in [9.17, 15) is 0 Å². The zero-order valence-corrected chi connectivity index (χ0v) is 14.9. The van der Waals surface area contributed by atoms with Crippen LogP contribution in [0.1, 0.15) is 31.7 Å². The molecule has 0 aliphatic heterocycles. The topological polar surface area (TPSA) is 144 Å². The molecule has 1 fully saturated rings. The smallest absolute Gasteiger partial charge is 0.360 e. The fourth-order valence-corrected chi connectivity index (χ4v) is 3.58. The van der Waals surface area contributed by atoms with Gasteiger partial charge in [0.05, 0.1) is 11.4 Å². The third kappa shape index (κ3) is 2.79. The Bertz CT molecular complexity index is 1130. The summed E-state index contributed by atoms with van der Waals surface area (Å²) in [4.78, 5) is 12.8. The number of hydrogen-bond acceptors (Lipinski definition) is 9. The number of anilines is 2. The first-order valence-corrected chi connectivity index (χ1v) is 9.07. The molecule has 10 heteroatoms. The lowest BCUT2D eigenvalue weighted by atomic mass is 10.2. The molecule has 0 bridgehead atoms. The van der Waals surface area contributed by atoms with Gasteiger partial charge in [-0.15, -0.1) is 0 Å².